The monoisotopic (exact) mass is 562 g/mol. The van der Waals surface area contributed by atoms with Crippen LogP contribution in [0.1, 0.15) is 59.8 Å². The Morgan fingerprint density at radius 1 is 1.09 bits per heavy atom. The van der Waals surface area contributed by atoms with Gasteiger partial charge < -0.3 is 4.74 Å². The summed E-state index contributed by atoms with van der Waals surface area (Å²) in [5, 5.41) is 0. The van der Waals surface area contributed by atoms with E-state index in [0.717, 1.165) is 12.0 Å². The number of allylic oxidation sites excluding steroid dienone is 1. The van der Waals surface area contributed by atoms with Gasteiger partial charge in [-0.25, -0.2) is 4.79 Å². The molecule has 0 saturated heterocycles. The van der Waals surface area contributed by atoms with Crippen molar-refractivity contribution in [3.63, 3.8) is 0 Å². The number of esters is 1. The fourth-order valence-corrected chi connectivity index (χ4v) is 3.95. The van der Waals surface area contributed by atoms with Crippen LogP contribution in [-0.2, 0) is 9.53 Å². The van der Waals surface area contributed by atoms with E-state index in [1.807, 2.05) is 20.8 Å². The van der Waals surface area contributed by atoms with E-state index < -0.39 is 13.7 Å². The molecule has 0 spiro atoms. The van der Waals surface area contributed by atoms with Gasteiger partial charge in [0.15, 0.2) is 0 Å². The number of rotatable bonds is 8. The van der Waals surface area contributed by atoms with Crippen molar-refractivity contribution in [2.24, 2.45) is 0 Å². The predicted octanol–water partition coefficient (Wildman–Crippen LogP) is 7.18. The van der Waals surface area contributed by atoms with E-state index in [1.165, 1.54) is 32.5 Å². The maximum absolute atomic E-state index is 12.6. The molecule has 0 aromatic heterocycles. The number of carbonyl (C=O) groups excluding carboxylic acids is 1. The van der Waals surface area contributed by atoms with E-state index in [9.17, 15) is 4.79 Å². The van der Waals surface area contributed by atoms with Gasteiger partial charge in [-0.05, 0) is 69.1 Å². The maximum atomic E-state index is 12.6. The number of hydrogen-bond donors (Lipinski definition) is 0. The first-order valence-electron chi connectivity index (χ1n) is 8.38. The molecule has 0 aromatic carbocycles. The van der Waals surface area contributed by atoms with E-state index in [2.05, 4.69) is 77.8 Å². The molecule has 0 saturated carbocycles. The zero-order valence-corrected chi connectivity index (χ0v) is 21.0. The summed E-state index contributed by atoms with van der Waals surface area (Å²) in [6.45, 7) is 14.8. The van der Waals surface area contributed by atoms with E-state index in [0.29, 0.717) is 0 Å². The van der Waals surface area contributed by atoms with Gasteiger partial charge in [-0.3, -0.25) is 0 Å². The van der Waals surface area contributed by atoms with Crippen molar-refractivity contribution in [1.82, 2.24) is 0 Å². The van der Waals surface area contributed by atoms with Crippen molar-refractivity contribution >= 4 is 59.2 Å². The second kappa shape index (κ2) is 10.6. The molecule has 0 amide bonds. The molecule has 0 fully saturated rings. The van der Waals surface area contributed by atoms with Crippen molar-refractivity contribution in [3.8, 4) is 0 Å². The zero-order valence-electron chi connectivity index (χ0n) is 15.7. The Kier molecular flexibility index (Phi) is 10.9. The van der Waals surface area contributed by atoms with E-state index >= 15 is 0 Å². The zero-order chi connectivity index (χ0) is 18.3. The average molecular weight is 562 g/mol. The molecule has 0 aliphatic heterocycles. The minimum Gasteiger partial charge on any atom is -0.456 e. The molecule has 134 valence electrons. The largest absolute Gasteiger partial charge is 0.456 e. The Labute approximate surface area is 171 Å². The molecule has 23 heavy (non-hydrogen) atoms. The summed E-state index contributed by atoms with van der Waals surface area (Å²) < 4.78 is 8.06. The second-order valence-corrected chi connectivity index (χ2v) is 16.4. The Balaban J connectivity index is 5.34. The first-order chi connectivity index (χ1) is 10.4. The molecule has 0 aliphatic carbocycles. The fourth-order valence-electron chi connectivity index (χ4n) is 1.90. The maximum Gasteiger partial charge on any atom is 0.339 e. The van der Waals surface area contributed by atoms with Crippen LogP contribution >= 0.6 is 45.2 Å². The lowest BCUT2D eigenvalue weighted by molar-refractivity contribution is -0.149. The van der Waals surface area contributed by atoms with Gasteiger partial charge in [-0.15, -0.1) is 0 Å². The number of hydrogen-bond acceptors (Lipinski definition) is 2. The van der Waals surface area contributed by atoms with Crippen LogP contribution in [0.2, 0.25) is 19.6 Å². The van der Waals surface area contributed by atoms with Crippen molar-refractivity contribution in [1.29, 1.82) is 0 Å². The minimum atomic E-state index is -1.56. The topological polar surface area (TPSA) is 26.3 Å². The molecule has 5 heteroatoms. The summed E-state index contributed by atoms with van der Waals surface area (Å²) in [4.78, 5) is 12.6. The number of halogens is 2. The van der Waals surface area contributed by atoms with Crippen molar-refractivity contribution in [2.45, 2.75) is 85.0 Å². The third-order valence-electron chi connectivity index (χ3n) is 3.08. The molecule has 2 nitrogen and oxygen atoms in total. The normalized spacial score (nSPS) is 14.6. The molecule has 0 aliphatic rings. The second-order valence-electron chi connectivity index (χ2n) is 7.88. The summed E-state index contributed by atoms with van der Waals surface area (Å²) >= 11 is 4.73. The van der Waals surface area contributed by atoms with Crippen LogP contribution in [0.25, 0.3) is 0 Å². The van der Waals surface area contributed by atoms with Crippen LogP contribution < -0.4 is 0 Å². The van der Waals surface area contributed by atoms with Crippen LogP contribution in [0.4, 0.5) is 0 Å². The predicted molar refractivity (Wildman–Crippen MR) is 121 cm³/mol. The highest BCUT2D eigenvalue weighted by Crippen LogP contribution is 2.30. The lowest BCUT2D eigenvalue weighted by atomic mass is 10.1. The van der Waals surface area contributed by atoms with Gasteiger partial charge in [-0.1, -0.05) is 68.4 Å². The Morgan fingerprint density at radius 2 is 1.65 bits per heavy atom. The number of carbonyl (C=O) groups is 1. The van der Waals surface area contributed by atoms with E-state index in [1.54, 1.807) is 0 Å². The van der Waals surface area contributed by atoms with Gasteiger partial charge in [0, 0.05) is 0 Å². The first kappa shape index (κ1) is 23.6. The Bertz CT molecular complexity index is 455. The quantitative estimate of drug-likeness (QED) is 0.0783. The van der Waals surface area contributed by atoms with Crippen molar-refractivity contribution < 1.29 is 9.53 Å². The summed E-state index contributed by atoms with van der Waals surface area (Å²) in [5.74, 6) is -0.188. The molecular weight excluding hydrogens is 530 g/mol. The van der Waals surface area contributed by atoms with Gasteiger partial charge in [-0.2, -0.15) is 0 Å². The molecule has 0 rings (SSSR count). The number of ether oxygens (including phenoxy) is 1. The summed E-state index contributed by atoms with van der Waals surface area (Å²) in [6.07, 6.45) is 8.08. The molecule has 0 atom stereocenters. The lowest BCUT2D eigenvalue weighted by Gasteiger charge is -2.23. The number of unbranched alkanes of at least 4 members (excludes halogenated alkanes) is 3. The Morgan fingerprint density at radius 3 is 2.09 bits per heavy atom. The molecule has 0 unspecified atom stereocenters. The Hall–Kier alpha value is 0.627. The molecule has 0 aromatic rings. The third-order valence-corrected chi connectivity index (χ3v) is 11.0. The summed E-state index contributed by atoms with van der Waals surface area (Å²) in [5.41, 5.74) is 0.304. The molecule has 0 N–H and O–H groups in total. The fraction of sp³-hybridized carbons (Fsp3) is 0.722. The van der Waals surface area contributed by atoms with Gasteiger partial charge in [0.2, 0.25) is 0 Å². The van der Waals surface area contributed by atoms with E-state index in [4.69, 9.17) is 4.74 Å². The highest BCUT2D eigenvalue weighted by Gasteiger charge is 2.27. The van der Waals surface area contributed by atoms with Gasteiger partial charge in [0.1, 0.15) is 5.60 Å². The van der Waals surface area contributed by atoms with Gasteiger partial charge in [0.25, 0.3) is 0 Å². The minimum absolute atomic E-state index is 0.188. The van der Waals surface area contributed by atoms with Crippen molar-refractivity contribution in [3.05, 3.63) is 18.4 Å². The van der Waals surface area contributed by atoms with Crippen molar-refractivity contribution in [2.75, 3.05) is 0 Å². The third kappa shape index (κ3) is 11.0. The standard InChI is InChI=1S/C18H32I2O2Si/c1-8-9-10-11-12-14(19)13-15(16(20)23(5,6)7)17(21)22-18(2,3)4/h13H,8-12H2,1-7H3/b14-13-,16-15-. The lowest BCUT2D eigenvalue weighted by Crippen LogP contribution is -2.28. The molecular formula is C18H32I2O2Si. The van der Waals surface area contributed by atoms with Crippen LogP contribution in [0.5, 0.6) is 0 Å². The SMILES string of the molecule is CCCCCC/C(I)=C/C(C(=O)OC(C)(C)C)=C(\I)[Si](C)(C)C. The first-order valence-corrected chi connectivity index (χ1v) is 14.0. The molecule has 0 bridgehead atoms. The summed E-state index contributed by atoms with van der Waals surface area (Å²) in [7, 11) is -1.56. The van der Waals surface area contributed by atoms with Gasteiger partial charge in [0.05, 0.1) is 13.6 Å². The van der Waals surface area contributed by atoms with Crippen LogP contribution in [0, 0.1) is 0 Å². The van der Waals surface area contributed by atoms with Crippen LogP contribution in [0.3, 0.4) is 0 Å². The smallest absolute Gasteiger partial charge is 0.339 e. The van der Waals surface area contributed by atoms with E-state index in [-0.39, 0.29) is 5.97 Å². The molecule has 0 heterocycles. The summed E-state index contributed by atoms with van der Waals surface area (Å²) in [6, 6.07) is 0. The average Bonchev–Trinajstić information content (AvgIpc) is 2.37. The highest BCUT2D eigenvalue weighted by molar-refractivity contribution is 14.1. The van der Waals surface area contributed by atoms with Gasteiger partial charge >= 0.3 is 5.97 Å². The molecule has 0 radical (unpaired) electrons. The van der Waals surface area contributed by atoms with Crippen LogP contribution in [-0.4, -0.2) is 19.6 Å². The highest BCUT2D eigenvalue weighted by atomic mass is 127. The van der Waals surface area contributed by atoms with Crippen LogP contribution in [0.15, 0.2) is 18.4 Å².